The van der Waals surface area contributed by atoms with E-state index in [2.05, 4.69) is 9.72 Å². The molecular formula is C27H26F3N5O8. The van der Waals surface area contributed by atoms with Gasteiger partial charge in [-0.25, -0.2) is 4.79 Å². The van der Waals surface area contributed by atoms with Crippen LogP contribution in [0.25, 0.3) is 0 Å². The highest BCUT2D eigenvalue weighted by molar-refractivity contribution is 5.94. The molecule has 2 aliphatic heterocycles. The standard InChI is InChI=1S/C27H26F3N5O8/c1-26(16-34-14-22(35(38)39)31-24(34)43-26)17-41-20-8-4-19(5-9-20)23(36)32-10-12-33(13-11-32)25(37)40-15-18-2-6-21(7-3-18)42-27(28,29)30/h2-9,14H,10-13,15-17H2,1H3/t26-/m1/s1. The molecular weight excluding hydrogens is 579 g/mol. The van der Waals surface area contributed by atoms with Gasteiger partial charge < -0.3 is 38.9 Å². The number of amides is 2. The second-order valence-corrected chi connectivity index (χ2v) is 10.2. The first-order chi connectivity index (χ1) is 20.4. The molecule has 13 nitrogen and oxygen atoms in total. The van der Waals surface area contributed by atoms with Crippen LogP contribution in [0.3, 0.4) is 0 Å². The number of benzene rings is 2. The average molecular weight is 606 g/mol. The topological polar surface area (TPSA) is 139 Å². The van der Waals surface area contributed by atoms with Crippen LogP contribution in [0.2, 0.25) is 0 Å². The highest BCUT2D eigenvalue weighted by Crippen LogP contribution is 2.31. The Morgan fingerprint density at radius 2 is 1.65 bits per heavy atom. The highest BCUT2D eigenvalue weighted by Gasteiger charge is 2.41. The van der Waals surface area contributed by atoms with Crippen molar-refractivity contribution in [2.75, 3.05) is 32.8 Å². The number of nitrogens with zero attached hydrogens (tertiary/aromatic N) is 5. The van der Waals surface area contributed by atoms with Crippen LogP contribution in [0, 0.1) is 10.1 Å². The van der Waals surface area contributed by atoms with E-state index < -0.39 is 23.0 Å². The summed E-state index contributed by atoms with van der Waals surface area (Å²) in [6.45, 7) is 3.23. The van der Waals surface area contributed by atoms with Gasteiger partial charge in [0.25, 0.3) is 5.91 Å². The smallest absolute Gasteiger partial charge is 0.489 e. The van der Waals surface area contributed by atoms with Crippen LogP contribution in [0.4, 0.5) is 23.8 Å². The van der Waals surface area contributed by atoms with Crippen LogP contribution in [0.5, 0.6) is 17.5 Å². The molecule has 1 atom stereocenters. The summed E-state index contributed by atoms with van der Waals surface area (Å²) in [5.74, 6) is -0.361. The summed E-state index contributed by atoms with van der Waals surface area (Å²) in [7, 11) is 0. The molecule has 1 aromatic heterocycles. The molecule has 0 N–H and O–H groups in total. The number of nitro groups is 1. The van der Waals surface area contributed by atoms with Gasteiger partial charge in [-0.1, -0.05) is 12.1 Å². The Bertz CT molecular complexity index is 1460. The lowest BCUT2D eigenvalue weighted by atomic mass is 10.1. The normalized spacial score (nSPS) is 18.0. The molecule has 0 bridgehead atoms. The van der Waals surface area contributed by atoms with E-state index >= 15 is 0 Å². The summed E-state index contributed by atoms with van der Waals surface area (Å²) in [5, 5.41) is 10.9. The summed E-state index contributed by atoms with van der Waals surface area (Å²) < 4.78 is 59.1. The molecule has 0 aliphatic carbocycles. The highest BCUT2D eigenvalue weighted by atomic mass is 19.4. The maximum Gasteiger partial charge on any atom is 0.573 e. The number of hydrogen-bond donors (Lipinski definition) is 0. The number of carbonyl (C=O) groups is 2. The average Bonchev–Trinajstić information content (AvgIpc) is 3.50. The first kappa shape index (κ1) is 29.5. The van der Waals surface area contributed by atoms with E-state index in [-0.39, 0.29) is 49.8 Å². The molecule has 5 rings (SSSR count). The number of carbonyl (C=O) groups excluding carboxylic acids is 2. The van der Waals surface area contributed by atoms with Crippen molar-refractivity contribution < 1.29 is 46.6 Å². The molecule has 0 saturated carbocycles. The van der Waals surface area contributed by atoms with Crippen LogP contribution in [-0.4, -0.2) is 81.0 Å². The summed E-state index contributed by atoms with van der Waals surface area (Å²) in [6.07, 6.45) is -4.07. The van der Waals surface area contributed by atoms with Gasteiger partial charge >= 0.3 is 24.3 Å². The van der Waals surface area contributed by atoms with E-state index in [0.717, 1.165) is 12.1 Å². The fraction of sp³-hybridized carbons (Fsp3) is 0.370. The molecule has 3 heterocycles. The Morgan fingerprint density at radius 3 is 2.26 bits per heavy atom. The zero-order valence-corrected chi connectivity index (χ0v) is 22.8. The van der Waals surface area contributed by atoms with Gasteiger partial charge in [-0.15, -0.1) is 13.2 Å². The number of fused-ring (bicyclic) bond motifs is 1. The van der Waals surface area contributed by atoms with E-state index in [1.807, 2.05) is 0 Å². The molecule has 3 aromatic rings. The Labute approximate surface area is 242 Å². The van der Waals surface area contributed by atoms with Gasteiger partial charge in [0.15, 0.2) is 5.60 Å². The molecule has 0 radical (unpaired) electrons. The quantitative estimate of drug-likeness (QED) is 0.275. The van der Waals surface area contributed by atoms with Crippen molar-refractivity contribution in [3.63, 3.8) is 0 Å². The molecule has 43 heavy (non-hydrogen) atoms. The third-order valence-corrected chi connectivity index (χ3v) is 6.75. The van der Waals surface area contributed by atoms with Gasteiger partial charge in [0.2, 0.25) is 0 Å². The zero-order chi connectivity index (χ0) is 30.8. The van der Waals surface area contributed by atoms with Crippen molar-refractivity contribution in [3.8, 4) is 17.5 Å². The Morgan fingerprint density at radius 1 is 1.02 bits per heavy atom. The SMILES string of the molecule is C[C@]1(COc2ccc(C(=O)N3CCN(C(=O)OCc4ccc(OC(F)(F)F)cc4)CC3)cc2)Cn2cc([N+](=O)[O-])nc2O1. The maximum absolute atomic E-state index is 13.0. The van der Waals surface area contributed by atoms with Gasteiger partial charge in [0.05, 0.1) is 6.54 Å². The minimum absolute atomic E-state index is 0.128. The Hall–Kier alpha value is -5.02. The van der Waals surface area contributed by atoms with Gasteiger partial charge in [-0.3, -0.25) is 9.36 Å². The molecule has 1 saturated heterocycles. The first-order valence-corrected chi connectivity index (χ1v) is 13.1. The number of rotatable bonds is 8. The monoisotopic (exact) mass is 605 g/mol. The summed E-state index contributed by atoms with van der Waals surface area (Å²) in [6, 6.07) is 11.7. The van der Waals surface area contributed by atoms with E-state index in [1.165, 1.54) is 23.2 Å². The van der Waals surface area contributed by atoms with Crippen LogP contribution in [-0.2, 0) is 17.9 Å². The molecule has 2 aromatic carbocycles. The fourth-order valence-corrected chi connectivity index (χ4v) is 4.58. The van der Waals surface area contributed by atoms with Crippen LogP contribution < -0.4 is 14.2 Å². The lowest BCUT2D eigenvalue weighted by Gasteiger charge is -2.34. The maximum atomic E-state index is 13.0. The van der Waals surface area contributed by atoms with Gasteiger partial charge in [-0.2, -0.15) is 0 Å². The van der Waals surface area contributed by atoms with E-state index in [9.17, 15) is 32.9 Å². The predicted molar refractivity (Wildman–Crippen MR) is 141 cm³/mol. The number of aromatic nitrogens is 2. The third kappa shape index (κ3) is 7.25. The Balaban J connectivity index is 1.04. The lowest BCUT2D eigenvalue weighted by molar-refractivity contribution is -0.389. The fourth-order valence-electron chi connectivity index (χ4n) is 4.58. The predicted octanol–water partition coefficient (Wildman–Crippen LogP) is 4.01. The van der Waals surface area contributed by atoms with E-state index in [4.69, 9.17) is 14.2 Å². The van der Waals surface area contributed by atoms with Crippen LogP contribution in [0.15, 0.2) is 54.7 Å². The molecule has 2 aliphatic rings. The molecule has 0 spiro atoms. The van der Waals surface area contributed by atoms with Crippen LogP contribution >= 0.6 is 0 Å². The summed E-state index contributed by atoms with van der Waals surface area (Å²) in [5.41, 5.74) is 0.160. The van der Waals surface area contributed by atoms with Crippen molar-refractivity contribution in [1.82, 2.24) is 19.4 Å². The minimum Gasteiger partial charge on any atom is -0.489 e. The van der Waals surface area contributed by atoms with Gasteiger partial charge in [-0.05, 0) is 53.8 Å². The summed E-state index contributed by atoms with van der Waals surface area (Å²) in [4.78, 5) is 42.7. The molecule has 2 amide bonds. The summed E-state index contributed by atoms with van der Waals surface area (Å²) >= 11 is 0. The molecule has 1 fully saturated rings. The lowest BCUT2D eigenvalue weighted by Crippen LogP contribution is -2.50. The van der Waals surface area contributed by atoms with E-state index in [1.54, 1.807) is 40.7 Å². The van der Waals surface area contributed by atoms with Gasteiger partial charge in [0, 0.05) is 36.7 Å². The minimum atomic E-state index is -4.79. The van der Waals surface area contributed by atoms with Crippen LogP contribution in [0.1, 0.15) is 22.8 Å². The van der Waals surface area contributed by atoms with Crippen molar-refractivity contribution in [2.45, 2.75) is 32.0 Å². The zero-order valence-electron chi connectivity index (χ0n) is 22.8. The molecule has 228 valence electrons. The van der Waals surface area contributed by atoms with Crippen molar-refractivity contribution in [3.05, 3.63) is 76.0 Å². The number of ether oxygens (including phenoxy) is 4. The number of hydrogen-bond acceptors (Lipinski definition) is 9. The number of alkyl halides is 3. The third-order valence-electron chi connectivity index (χ3n) is 6.75. The van der Waals surface area contributed by atoms with Crippen molar-refractivity contribution in [1.29, 1.82) is 0 Å². The second-order valence-electron chi connectivity index (χ2n) is 10.2. The van der Waals surface area contributed by atoms with Gasteiger partial charge in [0.1, 0.15) is 30.9 Å². The number of halogens is 3. The first-order valence-electron chi connectivity index (χ1n) is 13.1. The molecule has 16 heteroatoms. The number of imidazole rings is 1. The second kappa shape index (κ2) is 11.7. The van der Waals surface area contributed by atoms with Crippen molar-refractivity contribution in [2.24, 2.45) is 0 Å². The van der Waals surface area contributed by atoms with E-state index in [0.29, 0.717) is 36.5 Å². The number of piperazine rings is 1. The largest absolute Gasteiger partial charge is 0.573 e. The Kier molecular flexibility index (Phi) is 8.02. The van der Waals surface area contributed by atoms with Crippen molar-refractivity contribution >= 4 is 17.8 Å². The molecule has 0 unspecified atom stereocenters.